The molecular formula is C29H32N2O4. The third-order valence-corrected chi connectivity index (χ3v) is 7.05. The second-order valence-corrected chi connectivity index (χ2v) is 10.0. The highest BCUT2D eigenvalue weighted by atomic mass is 16.5. The van der Waals surface area contributed by atoms with Crippen molar-refractivity contribution in [2.45, 2.75) is 58.0 Å². The van der Waals surface area contributed by atoms with Crippen LogP contribution in [0.25, 0.3) is 16.7 Å². The molecule has 2 aliphatic rings. The van der Waals surface area contributed by atoms with Gasteiger partial charge in [-0.1, -0.05) is 63.4 Å². The van der Waals surface area contributed by atoms with Crippen molar-refractivity contribution in [3.63, 3.8) is 0 Å². The van der Waals surface area contributed by atoms with Gasteiger partial charge in [0.05, 0.1) is 18.2 Å². The van der Waals surface area contributed by atoms with E-state index in [1.165, 1.54) is 0 Å². The lowest BCUT2D eigenvalue weighted by atomic mass is 9.91. The van der Waals surface area contributed by atoms with E-state index in [1.807, 2.05) is 36.5 Å². The number of hydrogen-bond donors (Lipinski definition) is 2. The maximum absolute atomic E-state index is 13.5. The van der Waals surface area contributed by atoms with Crippen LogP contribution in [0, 0.1) is 5.92 Å². The topological polar surface area (TPSA) is 82.6 Å². The zero-order valence-corrected chi connectivity index (χ0v) is 20.3. The van der Waals surface area contributed by atoms with Crippen LogP contribution in [0.3, 0.4) is 0 Å². The van der Waals surface area contributed by atoms with Crippen molar-refractivity contribution in [1.82, 2.24) is 9.88 Å². The van der Waals surface area contributed by atoms with Crippen LogP contribution in [0.2, 0.25) is 0 Å². The van der Waals surface area contributed by atoms with Crippen molar-refractivity contribution < 1.29 is 19.4 Å². The predicted molar refractivity (Wildman–Crippen MR) is 136 cm³/mol. The van der Waals surface area contributed by atoms with E-state index in [0.29, 0.717) is 23.8 Å². The minimum absolute atomic E-state index is 0.0233. The molecule has 0 bridgehead atoms. The van der Waals surface area contributed by atoms with E-state index >= 15 is 0 Å². The van der Waals surface area contributed by atoms with Crippen LogP contribution in [0.4, 0.5) is 0 Å². The third-order valence-electron chi connectivity index (χ3n) is 7.05. The number of fused-ring (bicyclic) bond motifs is 1. The number of hydrogen-bond acceptors (Lipinski definition) is 4. The van der Waals surface area contributed by atoms with E-state index in [9.17, 15) is 14.7 Å². The molecule has 35 heavy (non-hydrogen) atoms. The Morgan fingerprint density at radius 1 is 1.09 bits per heavy atom. The number of carbonyl (C=O) groups excluding carboxylic acids is 2. The molecule has 1 amide bonds. The summed E-state index contributed by atoms with van der Waals surface area (Å²) >= 11 is 0. The molecule has 182 valence electrons. The van der Waals surface area contributed by atoms with Gasteiger partial charge >= 0.3 is 0 Å². The molecule has 2 N–H and O–H groups in total. The SMILES string of the molecule is CC(C)COc1cccc(/C(O)=C2\C(=O)C(=O)N(C3CCCCC3)C2c2c[nH]c3ccccc23)c1. The van der Waals surface area contributed by atoms with Crippen LogP contribution >= 0.6 is 0 Å². The van der Waals surface area contributed by atoms with Crippen molar-refractivity contribution in [2.24, 2.45) is 5.92 Å². The van der Waals surface area contributed by atoms with Gasteiger partial charge in [0.25, 0.3) is 11.7 Å². The minimum atomic E-state index is -0.644. The van der Waals surface area contributed by atoms with Crippen molar-refractivity contribution >= 4 is 28.4 Å². The van der Waals surface area contributed by atoms with E-state index < -0.39 is 17.7 Å². The molecule has 1 aliphatic heterocycles. The molecule has 2 aromatic carbocycles. The number of H-pyrrole nitrogens is 1. The van der Waals surface area contributed by atoms with E-state index in [2.05, 4.69) is 18.8 Å². The first-order valence-electron chi connectivity index (χ1n) is 12.5. The summed E-state index contributed by atoms with van der Waals surface area (Å²) in [5.41, 5.74) is 2.38. The molecule has 1 aromatic heterocycles. The second-order valence-electron chi connectivity index (χ2n) is 10.0. The van der Waals surface area contributed by atoms with Crippen LogP contribution in [-0.4, -0.2) is 39.3 Å². The number of rotatable bonds is 6. The Morgan fingerprint density at radius 2 is 1.86 bits per heavy atom. The second kappa shape index (κ2) is 9.61. The Morgan fingerprint density at radius 3 is 2.63 bits per heavy atom. The molecular weight excluding hydrogens is 440 g/mol. The highest BCUT2D eigenvalue weighted by molar-refractivity contribution is 6.46. The summed E-state index contributed by atoms with van der Waals surface area (Å²) in [7, 11) is 0. The summed E-state index contributed by atoms with van der Waals surface area (Å²) in [6, 6.07) is 14.3. The first-order chi connectivity index (χ1) is 17.0. The molecule has 5 rings (SSSR count). The molecule has 2 heterocycles. The van der Waals surface area contributed by atoms with E-state index in [4.69, 9.17) is 4.74 Å². The molecule has 3 aromatic rings. The van der Waals surface area contributed by atoms with Crippen molar-refractivity contribution in [3.8, 4) is 5.75 Å². The Balaban J connectivity index is 1.64. The summed E-state index contributed by atoms with van der Waals surface area (Å²) in [6.45, 7) is 4.68. The number of aromatic nitrogens is 1. The van der Waals surface area contributed by atoms with Crippen molar-refractivity contribution in [2.75, 3.05) is 6.61 Å². The number of nitrogens with zero attached hydrogens (tertiary/aromatic N) is 1. The van der Waals surface area contributed by atoms with E-state index in [1.54, 1.807) is 23.1 Å². The van der Waals surface area contributed by atoms with Gasteiger partial charge in [-0.2, -0.15) is 0 Å². The minimum Gasteiger partial charge on any atom is -0.507 e. The van der Waals surface area contributed by atoms with Gasteiger partial charge in [0.15, 0.2) is 0 Å². The summed E-state index contributed by atoms with van der Waals surface area (Å²) < 4.78 is 5.84. The maximum atomic E-state index is 13.5. The van der Waals surface area contributed by atoms with Gasteiger partial charge < -0.3 is 19.7 Å². The summed E-state index contributed by atoms with van der Waals surface area (Å²) in [5, 5.41) is 12.4. The monoisotopic (exact) mass is 472 g/mol. The van der Waals surface area contributed by atoms with E-state index in [-0.39, 0.29) is 17.4 Å². The maximum Gasteiger partial charge on any atom is 0.295 e. The zero-order chi connectivity index (χ0) is 24.5. The van der Waals surface area contributed by atoms with E-state index in [0.717, 1.165) is 48.6 Å². The number of aliphatic hydroxyl groups is 1. The van der Waals surface area contributed by atoms with Gasteiger partial charge in [0.2, 0.25) is 0 Å². The molecule has 1 atom stereocenters. The normalized spacial score (nSPS) is 20.8. The first-order valence-corrected chi connectivity index (χ1v) is 12.5. The molecule has 1 unspecified atom stereocenters. The van der Waals surface area contributed by atoms with Crippen LogP contribution in [-0.2, 0) is 9.59 Å². The number of ketones is 1. The fourth-order valence-corrected chi connectivity index (χ4v) is 5.36. The van der Waals surface area contributed by atoms with Gasteiger partial charge in [-0.05, 0) is 37.0 Å². The number of aliphatic hydroxyl groups excluding tert-OH is 1. The number of aromatic amines is 1. The number of carbonyl (C=O) groups is 2. The lowest BCUT2D eigenvalue weighted by Crippen LogP contribution is -2.40. The molecule has 0 spiro atoms. The number of ether oxygens (including phenoxy) is 1. The lowest BCUT2D eigenvalue weighted by Gasteiger charge is -2.35. The van der Waals surface area contributed by atoms with Crippen molar-refractivity contribution in [3.05, 3.63) is 71.4 Å². The van der Waals surface area contributed by atoms with Crippen LogP contribution in [0.5, 0.6) is 5.75 Å². The number of benzene rings is 2. The number of nitrogens with one attached hydrogen (secondary N) is 1. The Labute approximate surface area is 205 Å². The van der Waals surface area contributed by atoms with Gasteiger partial charge in [-0.3, -0.25) is 9.59 Å². The van der Waals surface area contributed by atoms with Gasteiger partial charge in [-0.25, -0.2) is 0 Å². The van der Waals surface area contributed by atoms with Gasteiger partial charge in [-0.15, -0.1) is 0 Å². The number of Topliss-reactive ketones (excluding diaryl/α,β-unsaturated/α-hetero) is 1. The fourth-order valence-electron chi connectivity index (χ4n) is 5.36. The number of amides is 1. The molecule has 1 aliphatic carbocycles. The third kappa shape index (κ3) is 4.33. The summed E-state index contributed by atoms with van der Waals surface area (Å²) in [6.07, 6.45) is 6.80. The smallest absolute Gasteiger partial charge is 0.295 e. The number of para-hydroxylation sites is 1. The van der Waals surface area contributed by atoms with Gasteiger partial charge in [0, 0.05) is 34.3 Å². The Hall–Kier alpha value is -3.54. The summed E-state index contributed by atoms with van der Waals surface area (Å²) in [5.74, 6) is -0.340. The average molecular weight is 473 g/mol. The highest BCUT2D eigenvalue weighted by Gasteiger charge is 2.49. The largest absolute Gasteiger partial charge is 0.507 e. The molecule has 6 heteroatoms. The van der Waals surface area contributed by atoms with Crippen LogP contribution in [0.15, 0.2) is 60.3 Å². The standard InChI is InChI=1S/C29H32N2O4/c1-18(2)17-35-21-12-8-9-19(15-21)27(32)25-26(23-16-30-24-14-7-6-13-22(23)24)31(29(34)28(25)33)20-10-4-3-5-11-20/h6-9,12-16,18,20,26,30,32H,3-5,10-11,17H2,1-2H3/b27-25+. The average Bonchev–Trinajstić information content (AvgIpc) is 3.41. The quantitative estimate of drug-likeness (QED) is 0.264. The zero-order valence-electron chi connectivity index (χ0n) is 20.3. The highest BCUT2D eigenvalue weighted by Crippen LogP contribution is 2.45. The Bertz CT molecular complexity index is 1280. The fraction of sp³-hybridized carbons (Fsp3) is 0.379. The number of likely N-dealkylation sites (tertiary alicyclic amines) is 1. The molecule has 6 nitrogen and oxygen atoms in total. The van der Waals surface area contributed by atoms with Crippen LogP contribution in [0.1, 0.15) is 63.1 Å². The first kappa shape index (κ1) is 23.2. The van der Waals surface area contributed by atoms with Crippen LogP contribution < -0.4 is 4.74 Å². The molecule has 1 saturated carbocycles. The lowest BCUT2D eigenvalue weighted by molar-refractivity contribution is -0.141. The Kier molecular flexibility index (Phi) is 6.37. The molecule has 1 saturated heterocycles. The van der Waals surface area contributed by atoms with Gasteiger partial charge in [0.1, 0.15) is 11.5 Å². The molecule has 2 fully saturated rings. The predicted octanol–water partition coefficient (Wildman–Crippen LogP) is 5.96. The molecule has 0 radical (unpaired) electrons. The van der Waals surface area contributed by atoms with Crippen molar-refractivity contribution in [1.29, 1.82) is 0 Å². The summed E-state index contributed by atoms with van der Waals surface area (Å²) in [4.78, 5) is 31.9.